The van der Waals surface area contributed by atoms with Crippen LogP contribution in [0.5, 0.6) is 0 Å². The molecule has 2 rings (SSSR count). The van der Waals surface area contributed by atoms with Gasteiger partial charge in [0.2, 0.25) is 0 Å². The monoisotopic (exact) mass is 242 g/mol. The number of aromatic nitrogens is 1. The lowest BCUT2D eigenvalue weighted by Gasteiger charge is -2.40. The van der Waals surface area contributed by atoms with E-state index in [1.54, 1.807) is 17.0 Å². The highest BCUT2D eigenvalue weighted by Gasteiger charge is 2.43. The van der Waals surface area contributed by atoms with E-state index < -0.39 is 11.9 Å². The maximum absolute atomic E-state index is 12.7. The lowest BCUT2D eigenvalue weighted by molar-refractivity contribution is -0.139. The summed E-state index contributed by atoms with van der Waals surface area (Å²) in [6, 6.07) is 3.28. The molecule has 0 aromatic carbocycles. The van der Waals surface area contributed by atoms with Gasteiger partial charge in [-0.3, -0.25) is 9.78 Å². The van der Waals surface area contributed by atoms with Gasteiger partial charge in [-0.25, -0.2) is 8.78 Å². The highest BCUT2D eigenvalue weighted by Crippen LogP contribution is 2.31. The van der Waals surface area contributed by atoms with E-state index in [2.05, 4.69) is 9.72 Å². The molecule has 1 saturated heterocycles. The van der Waals surface area contributed by atoms with Crippen molar-refractivity contribution >= 4 is 11.7 Å². The largest absolute Gasteiger partial charge is 0.469 e. The first-order valence-corrected chi connectivity index (χ1v) is 5.15. The number of pyridine rings is 1. The molecule has 0 atom stereocenters. The second-order valence-electron chi connectivity index (χ2n) is 3.97. The number of ether oxygens (including phenoxy) is 1. The molecule has 4 nitrogen and oxygen atoms in total. The Morgan fingerprint density at radius 1 is 1.59 bits per heavy atom. The molecule has 0 radical (unpaired) electrons. The van der Waals surface area contributed by atoms with Gasteiger partial charge < -0.3 is 9.64 Å². The van der Waals surface area contributed by atoms with Crippen LogP contribution in [0.3, 0.4) is 0 Å². The van der Waals surface area contributed by atoms with E-state index in [1.165, 1.54) is 13.3 Å². The average Bonchev–Trinajstić information content (AvgIpc) is 2.26. The van der Waals surface area contributed by atoms with E-state index in [1.807, 2.05) is 0 Å². The van der Waals surface area contributed by atoms with E-state index in [0.29, 0.717) is 11.4 Å². The molecule has 6 heteroatoms. The summed E-state index contributed by atoms with van der Waals surface area (Å²) in [6.45, 7) is -0.566. The van der Waals surface area contributed by atoms with Crippen molar-refractivity contribution in [1.29, 1.82) is 0 Å². The van der Waals surface area contributed by atoms with Crippen LogP contribution in [0.2, 0.25) is 0 Å². The van der Waals surface area contributed by atoms with Crippen LogP contribution >= 0.6 is 0 Å². The summed E-state index contributed by atoms with van der Waals surface area (Å²) in [4.78, 5) is 16.6. The zero-order chi connectivity index (χ0) is 12.5. The fourth-order valence-corrected chi connectivity index (χ4v) is 1.67. The fraction of sp³-hybridized carbons (Fsp3) is 0.455. The van der Waals surface area contributed by atoms with Crippen molar-refractivity contribution in [2.75, 3.05) is 25.1 Å². The summed E-state index contributed by atoms with van der Waals surface area (Å²) in [5, 5.41) is 0. The standard InChI is InChI=1S/C11H12F2N2O2/c1-17-10(16)5-8-4-9(2-3-14-8)15-6-11(12,13)7-15/h2-4H,5-7H2,1H3. The van der Waals surface area contributed by atoms with Gasteiger partial charge in [0.05, 0.1) is 32.3 Å². The van der Waals surface area contributed by atoms with Crippen molar-refractivity contribution in [3.63, 3.8) is 0 Å². The van der Waals surface area contributed by atoms with Crippen molar-refractivity contribution < 1.29 is 18.3 Å². The predicted octanol–water partition coefficient (Wildman–Crippen LogP) is 1.25. The maximum atomic E-state index is 12.7. The summed E-state index contributed by atoms with van der Waals surface area (Å²) in [5.41, 5.74) is 1.18. The lowest BCUT2D eigenvalue weighted by atomic mass is 10.1. The SMILES string of the molecule is COC(=O)Cc1cc(N2CC(F)(F)C2)ccn1. The van der Waals surface area contributed by atoms with Gasteiger partial charge >= 0.3 is 5.97 Å². The zero-order valence-electron chi connectivity index (χ0n) is 9.32. The Bertz CT molecular complexity index is 429. The van der Waals surface area contributed by atoms with Crippen molar-refractivity contribution in [1.82, 2.24) is 4.98 Å². The number of hydrogen-bond donors (Lipinski definition) is 0. The van der Waals surface area contributed by atoms with Gasteiger partial charge in [0.25, 0.3) is 5.92 Å². The van der Waals surface area contributed by atoms with Gasteiger partial charge in [0, 0.05) is 11.9 Å². The van der Waals surface area contributed by atoms with Crippen molar-refractivity contribution in [2.24, 2.45) is 0 Å². The second kappa shape index (κ2) is 4.27. The van der Waals surface area contributed by atoms with Gasteiger partial charge in [0.1, 0.15) is 0 Å². The van der Waals surface area contributed by atoms with E-state index in [9.17, 15) is 13.6 Å². The molecule has 0 bridgehead atoms. The molecule has 0 amide bonds. The Kier molecular flexibility index (Phi) is 2.95. The molecule has 0 N–H and O–H groups in total. The number of methoxy groups -OCH3 is 1. The Morgan fingerprint density at radius 2 is 2.29 bits per heavy atom. The topological polar surface area (TPSA) is 42.4 Å². The third-order valence-corrected chi connectivity index (χ3v) is 2.56. The smallest absolute Gasteiger partial charge is 0.311 e. The molecule has 2 heterocycles. The molecule has 1 aromatic heterocycles. The number of hydrogen-bond acceptors (Lipinski definition) is 4. The van der Waals surface area contributed by atoms with Gasteiger partial charge in [0.15, 0.2) is 0 Å². The molecule has 1 aliphatic rings. The minimum atomic E-state index is -2.61. The van der Waals surface area contributed by atoms with Crippen LogP contribution in [0.25, 0.3) is 0 Å². The van der Waals surface area contributed by atoms with E-state index in [0.717, 1.165) is 0 Å². The Labute approximate surface area is 97.2 Å². The highest BCUT2D eigenvalue weighted by atomic mass is 19.3. The molecular weight excluding hydrogens is 230 g/mol. The third kappa shape index (κ3) is 2.69. The van der Waals surface area contributed by atoms with Crippen LogP contribution in [0, 0.1) is 0 Å². The normalized spacial score (nSPS) is 17.5. The van der Waals surface area contributed by atoms with Crippen LogP contribution in [-0.2, 0) is 16.0 Å². The quantitative estimate of drug-likeness (QED) is 0.748. The first-order valence-electron chi connectivity index (χ1n) is 5.15. The number of halogens is 2. The van der Waals surface area contributed by atoms with E-state index in [-0.39, 0.29) is 19.5 Å². The van der Waals surface area contributed by atoms with Crippen molar-refractivity contribution in [3.05, 3.63) is 24.0 Å². The summed E-state index contributed by atoms with van der Waals surface area (Å²) in [5.74, 6) is -3.00. The Balaban J connectivity index is 2.05. The lowest BCUT2D eigenvalue weighted by Crippen LogP contribution is -2.56. The van der Waals surface area contributed by atoms with Crippen LogP contribution in [0.1, 0.15) is 5.69 Å². The van der Waals surface area contributed by atoms with Crippen LogP contribution < -0.4 is 4.90 Å². The van der Waals surface area contributed by atoms with E-state index in [4.69, 9.17) is 0 Å². The number of carbonyl (C=O) groups is 1. The number of alkyl halides is 2. The molecular formula is C11H12F2N2O2. The van der Waals surface area contributed by atoms with Crippen LogP contribution in [0.4, 0.5) is 14.5 Å². The minimum absolute atomic E-state index is 0.0502. The predicted molar refractivity (Wildman–Crippen MR) is 57.1 cm³/mol. The molecule has 92 valence electrons. The second-order valence-corrected chi connectivity index (χ2v) is 3.97. The third-order valence-electron chi connectivity index (χ3n) is 2.56. The maximum Gasteiger partial charge on any atom is 0.311 e. The van der Waals surface area contributed by atoms with Gasteiger partial charge in [-0.2, -0.15) is 0 Å². The molecule has 0 spiro atoms. The van der Waals surface area contributed by atoms with Crippen LogP contribution in [0.15, 0.2) is 18.3 Å². The molecule has 1 aromatic rings. The van der Waals surface area contributed by atoms with Gasteiger partial charge in [-0.05, 0) is 12.1 Å². The number of esters is 1. The Morgan fingerprint density at radius 3 is 2.88 bits per heavy atom. The van der Waals surface area contributed by atoms with E-state index >= 15 is 0 Å². The molecule has 17 heavy (non-hydrogen) atoms. The summed E-state index contributed by atoms with van der Waals surface area (Å²) in [7, 11) is 1.29. The molecule has 1 fully saturated rings. The van der Waals surface area contributed by atoms with Crippen LogP contribution in [-0.4, -0.2) is 37.1 Å². The number of rotatable bonds is 3. The number of nitrogens with zero attached hydrogens (tertiary/aromatic N) is 2. The average molecular weight is 242 g/mol. The molecule has 1 aliphatic heterocycles. The minimum Gasteiger partial charge on any atom is -0.469 e. The summed E-state index contributed by atoms with van der Waals surface area (Å²) < 4.78 is 29.9. The summed E-state index contributed by atoms with van der Waals surface area (Å²) >= 11 is 0. The van der Waals surface area contributed by atoms with Crippen molar-refractivity contribution in [2.45, 2.75) is 12.3 Å². The first-order chi connectivity index (χ1) is 8.00. The summed E-state index contributed by atoms with van der Waals surface area (Å²) in [6.07, 6.45) is 1.55. The van der Waals surface area contributed by atoms with Gasteiger partial charge in [-0.15, -0.1) is 0 Å². The van der Waals surface area contributed by atoms with Gasteiger partial charge in [-0.1, -0.05) is 0 Å². The Hall–Kier alpha value is -1.72. The van der Waals surface area contributed by atoms with Crippen molar-refractivity contribution in [3.8, 4) is 0 Å². The number of anilines is 1. The zero-order valence-corrected chi connectivity index (χ0v) is 9.32. The first kappa shape index (κ1) is 11.8. The molecule has 0 saturated carbocycles. The molecule has 0 unspecified atom stereocenters. The highest BCUT2D eigenvalue weighted by molar-refractivity contribution is 5.72. The fourth-order valence-electron chi connectivity index (χ4n) is 1.67. The molecule has 0 aliphatic carbocycles. The number of carbonyl (C=O) groups excluding carboxylic acids is 1.